The molecule has 0 aliphatic carbocycles. The lowest BCUT2D eigenvalue weighted by molar-refractivity contribution is 0.268. The topological polar surface area (TPSA) is 59.1 Å². The molecule has 0 spiro atoms. The van der Waals surface area contributed by atoms with E-state index in [0.717, 1.165) is 16.3 Å². The Morgan fingerprint density at radius 3 is 2.50 bits per heavy atom. The third-order valence-corrected chi connectivity index (χ3v) is 3.89. The fourth-order valence-corrected chi connectivity index (χ4v) is 2.53. The molecule has 1 unspecified atom stereocenters. The molecular weight excluding hydrogens is 244 g/mol. The Labute approximate surface area is 111 Å². The first-order chi connectivity index (χ1) is 8.61. The second-order valence-corrected chi connectivity index (χ2v) is 5.53. The van der Waals surface area contributed by atoms with Crippen LogP contribution in [0.2, 0.25) is 0 Å². The van der Waals surface area contributed by atoms with E-state index in [1.165, 1.54) is 16.9 Å². The number of aliphatic hydroxyl groups excluding tert-OH is 1. The lowest BCUT2D eigenvalue weighted by Crippen LogP contribution is -2.13. The van der Waals surface area contributed by atoms with E-state index in [-0.39, 0.29) is 12.6 Å². The summed E-state index contributed by atoms with van der Waals surface area (Å²) in [5.74, 6) is 0.535. The first-order valence-electron chi connectivity index (χ1n) is 6.04. The molecule has 4 heteroatoms. The molecule has 0 aliphatic rings. The maximum atomic E-state index is 9.01. The van der Waals surface area contributed by atoms with Crippen molar-refractivity contribution in [3.8, 4) is 11.3 Å². The normalized spacial score (nSPS) is 12.9. The van der Waals surface area contributed by atoms with Crippen molar-refractivity contribution in [3.05, 3.63) is 40.2 Å². The van der Waals surface area contributed by atoms with Crippen LogP contribution in [0, 0.1) is 0 Å². The lowest BCUT2D eigenvalue weighted by atomic mass is 10.0. The van der Waals surface area contributed by atoms with Crippen LogP contribution in [0.15, 0.2) is 29.6 Å². The number of benzene rings is 1. The van der Waals surface area contributed by atoms with Crippen LogP contribution >= 0.6 is 11.3 Å². The van der Waals surface area contributed by atoms with Crippen molar-refractivity contribution in [2.75, 3.05) is 6.61 Å². The van der Waals surface area contributed by atoms with Crippen LogP contribution < -0.4 is 5.73 Å². The van der Waals surface area contributed by atoms with Gasteiger partial charge in [0, 0.05) is 10.9 Å². The fraction of sp³-hybridized carbons (Fsp3) is 0.357. The van der Waals surface area contributed by atoms with Gasteiger partial charge >= 0.3 is 0 Å². The number of hydrogen-bond donors (Lipinski definition) is 2. The molecule has 0 saturated carbocycles. The zero-order valence-corrected chi connectivity index (χ0v) is 11.4. The highest BCUT2D eigenvalue weighted by molar-refractivity contribution is 7.10. The van der Waals surface area contributed by atoms with Gasteiger partial charge in [-0.25, -0.2) is 4.98 Å². The summed E-state index contributed by atoms with van der Waals surface area (Å²) in [6.45, 7) is 4.28. The zero-order valence-electron chi connectivity index (χ0n) is 10.6. The molecule has 0 radical (unpaired) electrons. The van der Waals surface area contributed by atoms with E-state index < -0.39 is 0 Å². The molecule has 2 aromatic rings. The standard InChI is InChI=1S/C14H18N2OS/c1-9(2)10-3-5-11(6-4-10)13-8-18-14(16-13)12(15)7-17/h3-6,8-9,12,17H,7,15H2,1-2H3. The van der Waals surface area contributed by atoms with E-state index in [2.05, 4.69) is 43.1 Å². The van der Waals surface area contributed by atoms with E-state index in [0.29, 0.717) is 5.92 Å². The Bertz CT molecular complexity index is 505. The van der Waals surface area contributed by atoms with Crippen LogP contribution in [0.3, 0.4) is 0 Å². The maximum absolute atomic E-state index is 9.01. The quantitative estimate of drug-likeness (QED) is 0.890. The summed E-state index contributed by atoms with van der Waals surface area (Å²) in [5.41, 5.74) is 9.08. The highest BCUT2D eigenvalue weighted by Crippen LogP contribution is 2.26. The molecule has 0 amide bonds. The van der Waals surface area contributed by atoms with E-state index in [1.807, 2.05) is 5.38 Å². The molecule has 3 nitrogen and oxygen atoms in total. The minimum Gasteiger partial charge on any atom is -0.394 e. The minimum atomic E-state index is -0.376. The molecular formula is C14H18N2OS. The van der Waals surface area contributed by atoms with Crippen molar-refractivity contribution in [1.29, 1.82) is 0 Å². The Morgan fingerprint density at radius 1 is 1.28 bits per heavy atom. The van der Waals surface area contributed by atoms with Crippen LogP contribution in [-0.4, -0.2) is 16.7 Å². The van der Waals surface area contributed by atoms with Crippen LogP contribution in [-0.2, 0) is 0 Å². The number of aliphatic hydroxyl groups is 1. The van der Waals surface area contributed by atoms with Gasteiger partial charge in [-0.2, -0.15) is 0 Å². The summed E-state index contributed by atoms with van der Waals surface area (Å²) < 4.78 is 0. The summed E-state index contributed by atoms with van der Waals surface area (Å²) in [5, 5.41) is 11.8. The predicted molar refractivity (Wildman–Crippen MR) is 75.7 cm³/mol. The molecule has 1 atom stereocenters. The SMILES string of the molecule is CC(C)c1ccc(-c2csc(C(N)CO)n2)cc1. The lowest BCUT2D eigenvalue weighted by Gasteiger charge is -2.05. The van der Waals surface area contributed by atoms with Crippen molar-refractivity contribution < 1.29 is 5.11 Å². The number of nitrogens with zero attached hydrogens (tertiary/aromatic N) is 1. The van der Waals surface area contributed by atoms with Crippen molar-refractivity contribution in [2.45, 2.75) is 25.8 Å². The molecule has 1 aromatic carbocycles. The second-order valence-electron chi connectivity index (χ2n) is 4.64. The summed E-state index contributed by atoms with van der Waals surface area (Å²) in [6, 6.07) is 8.05. The van der Waals surface area contributed by atoms with Crippen molar-refractivity contribution in [3.63, 3.8) is 0 Å². The second kappa shape index (κ2) is 5.61. The van der Waals surface area contributed by atoms with Gasteiger partial charge in [-0.05, 0) is 11.5 Å². The molecule has 0 saturated heterocycles. The van der Waals surface area contributed by atoms with Crippen LogP contribution in [0.1, 0.15) is 36.4 Å². The average Bonchev–Trinajstić information content (AvgIpc) is 2.87. The maximum Gasteiger partial charge on any atom is 0.112 e. The van der Waals surface area contributed by atoms with E-state index >= 15 is 0 Å². The molecule has 1 aromatic heterocycles. The van der Waals surface area contributed by atoms with Gasteiger partial charge in [-0.15, -0.1) is 11.3 Å². The number of aromatic nitrogens is 1. The molecule has 2 rings (SSSR count). The largest absolute Gasteiger partial charge is 0.394 e. The monoisotopic (exact) mass is 262 g/mol. The van der Waals surface area contributed by atoms with Gasteiger partial charge in [-0.1, -0.05) is 38.1 Å². The van der Waals surface area contributed by atoms with Gasteiger partial charge < -0.3 is 10.8 Å². The van der Waals surface area contributed by atoms with E-state index in [4.69, 9.17) is 10.8 Å². The smallest absolute Gasteiger partial charge is 0.112 e. The molecule has 1 heterocycles. The molecule has 18 heavy (non-hydrogen) atoms. The predicted octanol–water partition coefficient (Wildman–Crippen LogP) is 2.93. The summed E-state index contributed by atoms with van der Waals surface area (Å²) in [4.78, 5) is 4.46. The first-order valence-corrected chi connectivity index (χ1v) is 6.92. The van der Waals surface area contributed by atoms with E-state index in [1.54, 1.807) is 0 Å². The van der Waals surface area contributed by atoms with Gasteiger partial charge in [0.25, 0.3) is 0 Å². The Morgan fingerprint density at radius 2 is 1.94 bits per heavy atom. The van der Waals surface area contributed by atoms with Crippen molar-refractivity contribution >= 4 is 11.3 Å². The van der Waals surface area contributed by atoms with Crippen molar-refractivity contribution in [2.24, 2.45) is 5.73 Å². The third-order valence-electron chi connectivity index (χ3n) is 2.91. The van der Waals surface area contributed by atoms with Crippen LogP contribution in [0.25, 0.3) is 11.3 Å². The van der Waals surface area contributed by atoms with Gasteiger partial charge in [0.15, 0.2) is 0 Å². The third kappa shape index (κ3) is 2.77. The molecule has 3 N–H and O–H groups in total. The molecule has 0 fully saturated rings. The van der Waals surface area contributed by atoms with Gasteiger partial charge in [0.2, 0.25) is 0 Å². The van der Waals surface area contributed by atoms with Gasteiger partial charge in [0.05, 0.1) is 18.3 Å². The summed E-state index contributed by atoms with van der Waals surface area (Å²) >= 11 is 1.49. The highest BCUT2D eigenvalue weighted by atomic mass is 32.1. The number of nitrogens with two attached hydrogens (primary N) is 1. The number of rotatable bonds is 4. The highest BCUT2D eigenvalue weighted by Gasteiger charge is 2.10. The Hall–Kier alpha value is -1.23. The van der Waals surface area contributed by atoms with Gasteiger partial charge in [0.1, 0.15) is 5.01 Å². The Balaban J connectivity index is 2.23. The number of thiazole rings is 1. The number of hydrogen-bond acceptors (Lipinski definition) is 4. The summed E-state index contributed by atoms with van der Waals surface area (Å²) in [7, 11) is 0. The van der Waals surface area contributed by atoms with Crippen LogP contribution in [0.5, 0.6) is 0 Å². The van der Waals surface area contributed by atoms with E-state index in [9.17, 15) is 0 Å². The Kier molecular flexibility index (Phi) is 4.11. The zero-order chi connectivity index (χ0) is 13.1. The average molecular weight is 262 g/mol. The molecule has 96 valence electrons. The van der Waals surface area contributed by atoms with Gasteiger partial charge in [-0.3, -0.25) is 0 Å². The first kappa shape index (κ1) is 13.2. The molecule has 0 bridgehead atoms. The van der Waals surface area contributed by atoms with Crippen molar-refractivity contribution in [1.82, 2.24) is 4.98 Å². The minimum absolute atomic E-state index is 0.0702. The summed E-state index contributed by atoms with van der Waals surface area (Å²) in [6.07, 6.45) is 0. The molecule has 0 aliphatic heterocycles. The van der Waals surface area contributed by atoms with Crippen LogP contribution in [0.4, 0.5) is 0 Å². The fourth-order valence-electron chi connectivity index (χ4n) is 1.71.